The van der Waals surface area contributed by atoms with Crippen molar-refractivity contribution in [3.8, 4) is 0 Å². The lowest BCUT2D eigenvalue weighted by Crippen LogP contribution is -2.56. The van der Waals surface area contributed by atoms with Crippen LogP contribution in [0, 0.1) is 5.92 Å². The molecule has 5 heteroatoms. The van der Waals surface area contributed by atoms with Crippen LogP contribution in [-0.4, -0.2) is 59.5 Å². The minimum Gasteiger partial charge on any atom is -0.481 e. The first-order valence-electron chi connectivity index (χ1n) is 6.12. The Balaban J connectivity index is 2.65. The molecule has 1 aliphatic heterocycles. The van der Waals surface area contributed by atoms with Crippen molar-refractivity contribution in [2.24, 2.45) is 5.92 Å². The fourth-order valence-electron chi connectivity index (χ4n) is 2.03. The van der Waals surface area contributed by atoms with Crippen LogP contribution in [-0.2, 0) is 9.59 Å². The van der Waals surface area contributed by atoms with Crippen LogP contribution in [0.5, 0.6) is 0 Å². The minimum absolute atomic E-state index is 0.0672. The van der Waals surface area contributed by atoms with Crippen molar-refractivity contribution in [1.29, 1.82) is 0 Å². The number of hydrogen-bond acceptors (Lipinski definition) is 3. The molecule has 0 aromatic carbocycles. The third-order valence-corrected chi connectivity index (χ3v) is 3.19. The fourth-order valence-corrected chi connectivity index (χ4v) is 2.03. The first-order valence-corrected chi connectivity index (χ1v) is 6.12. The van der Waals surface area contributed by atoms with Gasteiger partial charge in [0.25, 0.3) is 0 Å². The number of piperazine rings is 1. The number of carbonyl (C=O) groups excluding carboxylic acids is 1. The summed E-state index contributed by atoms with van der Waals surface area (Å²) in [6, 6.07) is -0.481. The molecular formula is C12H22N2O3. The van der Waals surface area contributed by atoms with Gasteiger partial charge in [-0.25, -0.2) is 0 Å². The van der Waals surface area contributed by atoms with Crippen LogP contribution in [0.1, 0.15) is 26.7 Å². The zero-order chi connectivity index (χ0) is 13.0. The number of aliphatic carboxylic acids is 1. The van der Waals surface area contributed by atoms with Crippen molar-refractivity contribution in [3.05, 3.63) is 0 Å². The van der Waals surface area contributed by atoms with Gasteiger partial charge in [-0.2, -0.15) is 0 Å². The Morgan fingerprint density at radius 3 is 2.65 bits per heavy atom. The normalized spacial score (nSPS) is 22.2. The summed E-state index contributed by atoms with van der Waals surface area (Å²) in [5, 5.41) is 8.87. The number of hydrogen-bond donors (Lipinski definition) is 1. The van der Waals surface area contributed by atoms with E-state index in [0.29, 0.717) is 12.5 Å². The van der Waals surface area contributed by atoms with Crippen molar-refractivity contribution >= 4 is 11.9 Å². The molecule has 1 amide bonds. The molecule has 98 valence electrons. The van der Waals surface area contributed by atoms with Gasteiger partial charge in [-0.1, -0.05) is 13.8 Å². The Bertz CT molecular complexity index is 291. The standard InChI is InChI=1S/C12H22N2O3/c1-9(2)4-5-14-7-6-13(3)12(17)10(14)8-11(15)16/h9-10H,4-8H2,1-3H3,(H,15,16). The SMILES string of the molecule is CC(C)CCN1CCN(C)C(=O)C1CC(=O)O. The van der Waals surface area contributed by atoms with E-state index in [1.807, 2.05) is 4.90 Å². The number of carbonyl (C=O) groups is 2. The lowest BCUT2D eigenvalue weighted by atomic mass is 10.1. The van der Waals surface area contributed by atoms with Gasteiger partial charge >= 0.3 is 5.97 Å². The molecule has 0 spiro atoms. The molecule has 0 aromatic heterocycles. The van der Waals surface area contributed by atoms with E-state index in [1.54, 1.807) is 11.9 Å². The number of nitrogens with zero attached hydrogens (tertiary/aromatic N) is 2. The van der Waals surface area contributed by atoms with Crippen LogP contribution in [0.4, 0.5) is 0 Å². The van der Waals surface area contributed by atoms with E-state index in [-0.39, 0.29) is 12.3 Å². The van der Waals surface area contributed by atoms with Crippen molar-refractivity contribution in [2.75, 3.05) is 26.7 Å². The van der Waals surface area contributed by atoms with Gasteiger partial charge in [0, 0.05) is 20.1 Å². The number of rotatable bonds is 5. The molecule has 1 saturated heterocycles. The molecule has 0 aromatic rings. The van der Waals surface area contributed by atoms with Gasteiger partial charge in [0.1, 0.15) is 0 Å². The average Bonchev–Trinajstić information content (AvgIpc) is 2.23. The molecule has 1 fully saturated rings. The molecule has 1 aliphatic rings. The van der Waals surface area contributed by atoms with Gasteiger partial charge in [0.2, 0.25) is 5.91 Å². The van der Waals surface area contributed by atoms with Crippen molar-refractivity contribution in [1.82, 2.24) is 9.80 Å². The number of amides is 1. The third kappa shape index (κ3) is 4.00. The Morgan fingerprint density at radius 1 is 1.47 bits per heavy atom. The highest BCUT2D eigenvalue weighted by Gasteiger charge is 2.34. The summed E-state index contributed by atoms with van der Waals surface area (Å²) in [7, 11) is 1.73. The Hall–Kier alpha value is -1.10. The molecule has 0 bridgehead atoms. The fraction of sp³-hybridized carbons (Fsp3) is 0.833. The molecule has 1 atom stereocenters. The van der Waals surface area contributed by atoms with E-state index >= 15 is 0 Å². The molecule has 1 heterocycles. The predicted molar refractivity (Wildman–Crippen MR) is 64.7 cm³/mol. The zero-order valence-electron chi connectivity index (χ0n) is 10.8. The highest BCUT2D eigenvalue weighted by atomic mass is 16.4. The van der Waals surface area contributed by atoms with Crippen LogP contribution >= 0.6 is 0 Å². The monoisotopic (exact) mass is 242 g/mol. The molecule has 17 heavy (non-hydrogen) atoms. The smallest absolute Gasteiger partial charge is 0.305 e. The van der Waals surface area contributed by atoms with E-state index in [9.17, 15) is 9.59 Å². The minimum atomic E-state index is -0.909. The second-order valence-electron chi connectivity index (χ2n) is 5.09. The van der Waals surface area contributed by atoms with E-state index in [1.165, 1.54) is 0 Å². The van der Waals surface area contributed by atoms with Gasteiger partial charge in [-0.3, -0.25) is 14.5 Å². The Morgan fingerprint density at radius 2 is 2.12 bits per heavy atom. The first kappa shape index (κ1) is 14.0. The highest BCUT2D eigenvalue weighted by molar-refractivity contribution is 5.86. The van der Waals surface area contributed by atoms with E-state index in [0.717, 1.165) is 19.5 Å². The Labute approximate surface area is 102 Å². The lowest BCUT2D eigenvalue weighted by Gasteiger charge is -2.38. The molecule has 0 aliphatic carbocycles. The van der Waals surface area contributed by atoms with E-state index in [4.69, 9.17) is 5.11 Å². The maximum atomic E-state index is 11.9. The summed E-state index contributed by atoms with van der Waals surface area (Å²) in [5.74, 6) is -0.411. The van der Waals surface area contributed by atoms with Gasteiger partial charge in [0.15, 0.2) is 0 Å². The summed E-state index contributed by atoms with van der Waals surface area (Å²) < 4.78 is 0. The number of carboxylic acids is 1. The molecule has 1 rings (SSSR count). The van der Waals surface area contributed by atoms with Crippen molar-refractivity contribution < 1.29 is 14.7 Å². The van der Waals surface area contributed by atoms with Crippen LogP contribution in [0.15, 0.2) is 0 Å². The molecular weight excluding hydrogens is 220 g/mol. The summed E-state index contributed by atoms with van der Waals surface area (Å²) in [6.07, 6.45) is 0.897. The first-order chi connectivity index (χ1) is 7.91. The highest BCUT2D eigenvalue weighted by Crippen LogP contribution is 2.15. The van der Waals surface area contributed by atoms with Crippen LogP contribution < -0.4 is 0 Å². The zero-order valence-corrected chi connectivity index (χ0v) is 10.8. The lowest BCUT2D eigenvalue weighted by molar-refractivity contribution is -0.148. The van der Waals surface area contributed by atoms with E-state index in [2.05, 4.69) is 13.8 Å². The average molecular weight is 242 g/mol. The third-order valence-electron chi connectivity index (χ3n) is 3.19. The summed E-state index contributed by atoms with van der Waals surface area (Å²) in [5.41, 5.74) is 0. The quantitative estimate of drug-likeness (QED) is 0.769. The maximum absolute atomic E-state index is 11.9. The summed E-state index contributed by atoms with van der Waals surface area (Å²) in [6.45, 7) is 6.52. The van der Waals surface area contributed by atoms with Gasteiger partial charge < -0.3 is 10.0 Å². The number of carboxylic acid groups (broad SMARTS) is 1. The molecule has 1 N–H and O–H groups in total. The molecule has 0 saturated carbocycles. The van der Waals surface area contributed by atoms with Gasteiger partial charge in [-0.05, 0) is 18.9 Å². The predicted octanol–water partition coefficient (Wildman–Crippen LogP) is 0.650. The number of likely N-dealkylation sites (N-methyl/N-ethyl adjacent to an activating group) is 1. The van der Waals surface area contributed by atoms with Crippen LogP contribution in [0.25, 0.3) is 0 Å². The largest absolute Gasteiger partial charge is 0.481 e. The molecule has 5 nitrogen and oxygen atoms in total. The van der Waals surface area contributed by atoms with Gasteiger partial charge in [-0.15, -0.1) is 0 Å². The molecule has 0 radical (unpaired) electrons. The second-order valence-corrected chi connectivity index (χ2v) is 5.09. The summed E-state index contributed by atoms with van der Waals surface area (Å²) >= 11 is 0. The van der Waals surface area contributed by atoms with Crippen molar-refractivity contribution in [2.45, 2.75) is 32.7 Å². The van der Waals surface area contributed by atoms with Crippen LogP contribution in [0.2, 0.25) is 0 Å². The maximum Gasteiger partial charge on any atom is 0.305 e. The topological polar surface area (TPSA) is 60.9 Å². The van der Waals surface area contributed by atoms with Crippen molar-refractivity contribution in [3.63, 3.8) is 0 Å². The second kappa shape index (κ2) is 6.00. The van der Waals surface area contributed by atoms with Crippen LogP contribution in [0.3, 0.4) is 0 Å². The Kier molecular flexibility index (Phi) is 4.93. The van der Waals surface area contributed by atoms with E-state index < -0.39 is 12.0 Å². The van der Waals surface area contributed by atoms with Gasteiger partial charge in [0.05, 0.1) is 12.5 Å². The molecule has 1 unspecified atom stereocenters. The summed E-state index contributed by atoms with van der Waals surface area (Å²) in [4.78, 5) is 26.4.